The Morgan fingerprint density at radius 3 is 2.69 bits per heavy atom. The second kappa shape index (κ2) is 3.57. The fraction of sp³-hybridized carbons (Fsp3) is 0.600. The van der Waals surface area contributed by atoms with Crippen molar-refractivity contribution in [1.82, 2.24) is 19.8 Å². The lowest BCUT2D eigenvalue weighted by molar-refractivity contribution is 0.00833. The minimum absolute atomic E-state index is 0.113. The van der Waals surface area contributed by atoms with Crippen LogP contribution in [0.25, 0.3) is 0 Å². The number of aromatic hydroxyl groups is 1. The molecule has 3 saturated heterocycles. The lowest BCUT2D eigenvalue weighted by Crippen LogP contribution is -2.57. The summed E-state index contributed by atoms with van der Waals surface area (Å²) in [6.45, 7) is 5.06. The van der Waals surface area contributed by atoms with E-state index in [1.54, 1.807) is 0 Å². The van der Waals surface area contributed by atoms with Gasteiger partial charge in [-0.3, -0.25) is 14.6 Å². The molecule has 16 heavy (non-hydrogen) atoms. The molecular weight excluding hydrogens is 208 g/mol. The molecule has 0 amide bonds. The summed E-state index contributed by atoms with van der Waals surface area (Å²) < 4.78 is 0. The first-order chi connectivity index (χ1) is 7.72. The first-order valence-corrected chi connectivity index (χ1v) is 5.49. The van der Waals surface area contributed by atoms with Crippen LogP contribution in [0, 0.1) is 0 Å². The van der Waals surface area contributed by atoms with E-state index in [-0.39, 0.29) is 17.5 Å². The fourth-order valence-electron chi connectivity index (χ4n) is 2.50. The second-order valence-corrected chi connectivity index (χ2v) is 4.34. The fourth-order valence-corrected chi connectivity index (χ4v) is 2.50. The second-order valence-electron chi connectivity index (χ2n) is 4.34. The highest BCUT2D eigenvalue weighted by atomic mass is 16.3. The third-order valence-electron chi connectivity index (χ3n) is 3.34. The highest BCUT2D eigenvalue weighted by Crippen LogP contribution is 2.26. The van der Waals surface area contributed by atoms with E-state index in [1.807, 2.05) is 0 Å². The number of rotatable bonds is 1. The Hall–Kier alpha value is -1.40. The number of piperazine rings is 3. The smallest absolute Gasteiger partial charge is 0.254 e. The monoisotopic (exact) mass is 222 g/mol. The average Bonchev–Trinajstić information content (AvgIpc) is 2.29. The van der Waals surface area contributed by atoms with Crippen molar-refractivity contribution in [2.75, 3.05) is 32.7 Å². The van der Waals surface area contributed by atoms with E-state index in [0.29, 0.717) is 5.82 Å². The molecule has 6 heteroatoms. The Labute approximate surface area is 92.5 Å². The molecule has 1 aromatic heterocycles. The topological polar surface area (TPSA) is 72.5 Å². The van der Waals surface area contributed by atoms with E-state index < -0.39 is 0 Å². The van der Waals surface area contributed by atoms with Gasteiger partial charge in [-0.2, -0.15) is 4.98 Å². The number of aromatic nitrogens is 2. The van der Waals surface area contributed by atoms with Crippen molar-refractivity contribution in [2.45, 2.75) is 6.04 Å². The summed E-state index contributed by atoms with van der Waals surface area (Å²) in [5.41, 5.74) is -0.292. The SMILES string of the molecule is O=c1cc(O)nc(C2CN3CCN2CC3)[nH]1. The van der Waals surface area contributed by atoms with E-state index in [0.717, 1.165) is 38.8 Å². The van der Waals surface area contributed by atoms with E-state index in [4.69, 9.17) is 0 Å². The van der Waals surface area contributed by atoms with E-state index in [1.165, 1.54) is 0 Å². The zero-order chi connectivity index (χ0) is 11.1. The van der Waals surface area contributed by atoms with E-state index in [9.17, 15) is 9.90 Å². The Kier molecular flexibility index (Phi) is 2.19. The molecule has 1 aromatic rings. The van der Waals surface area contributed by atoms with Crippen molar-refractivity contribution in [3.8, 4) is 5.88 Å². The molecule has 0 aliphatic carbocycles. The summed E-state index contributed by atoms with van der Waals surface area (Å²) in [5.74, 6) is 0.380. The van der Waals surface area contributed by atoms with Crippen LogP contribution in [0.4, 0.5) is 0 Å². The lowest BCUT2D eigenvalue weighted by atomic mass is 10.1. The van der Waals surface area contributed by atoms with Gasteiger partial charge in [-0.05, 0) is 0 Å². The van der Waals surface area contributed by atoms with Gasteiger partial charge in [-0.1, -0.05) is 0 Å². The molecular formula is C10H14N4O2. The van der Waals surface area contributed by atoms with Crippen molar-refractivity contribution in [3.05, 3.63) is 22.2 Å². The van der Waals surface area contributed by atoms with Gasteiger partial charge < -0.3 is 10.1 Å². The molecule has 4 heterocycles. The molecule has 0 saturated carbocycles. The molecule has 4 rings (SSSR count). The molecule has 86 valence electrons. The minimum atomic E-state index is -0.292. The van der Waals surface area contributed by atoms with Gasteiger partial charge in [0.25, 0.3) is 5.56 Å². The van der Waals surface area contributed by atoms with Crippen LogP contribution in [0.5, 0.6) is 5.88 Å². The van der Waals surface area contributed by atoms with Crippen molar-refractivity contribution in [3.63, 3.8) is 0 Å². The highest BCUT2D eigenvalue weighted by Gasteiger charge is 2.34. The van der Waals surface area contributed by atoms with Crippen LogP contribution in [0.3, 0.4) is 0 Å². The first-order valence-electron chi connectivity index (χ1n) is 5.49. The maximum atomic E-state index is 11.3. The third-order valence-corrected chi connectivity index (χ3v) is 3.34. The Morgan fingerprint density at radius 2 is 2.12 bits per heavy atom. The number of hydrogen-bond donors (Lipinski definition) is 2. The van der Waals surface area contributed by atoms with Gasteiger partial charge in [-0.25, -0.2) is 0 Å². The first kappa shape index (κ1) is 9.80. The number of nitrogens with one attached hydrogen (secondary N) is 1. The molecule has 0 spiro atoms. The number of aromatic amines is 1. The molecule has 0 radical (unpaired) electrons. The van der Waals surface area contributed by atoms with Crippen molar-refractivity contribution < 1.29 is 5.11 Å². The zero-order valence-corrected chi connectivity index (χ0v) is 8.89. The summed E-state index contributed by atoms with van der Waals surface area (Å²) in [7, 11) is 0. The molecule has 1 unspecified atom stereocenters. The van der Waals surface area contributed by atoms with Crippen LogP contribution in [-0.4, -0.2) is 57.6 Å². The van der Waals surface area contributed by atoms with Crippen molar-refractivity contribution in [1.29, 1.82) is 0 Å². The summed E-state index contributed by atoms with van der Waals surface area (Å²) in [6.07, 6.45) is 0. The van der Waals surface area contributed by atoms with Gasteiger partial charge in [0.1, 0.15) is 5.82 Å². The van der Waals surface area contributed by atoms with Crippen molar-refractivity contribution in [2.24, 2.45) is 0 Å². The summed E-state index contributed by atoms with van der Waals surface area (Å²) in [4.78, 5) is 22.6. The normalized spacial score (nSPS) is 32.9. The van der Waals surface area contributed by atoms with Crippen LogP contribution < -0.4 is 5.56 Å². The van der Waals surface area contributed by atoms with Crippen LogP contribution in [0.1, 0.15) is 11.9 Å². The molecule has 3 fully saturated rings. The largest absolute Gasteiger partial charge is 0.493 e. The van der Waals surface area contributed by atoms with Gasteiger partial charge in [0, 0.05) is 32.7 Å². The quantitative estimate of drug-likeness (QED) is 0.647. The maximum absolute atomic E-state index is 11.3. The Balaban J connectivity index is 1.94. The maximum Gasteiger partial charge on any atom is 0.254 e. The highest BCUT2D eigenvalue weighted by molar-refractivity contribution is 5.11. The van der Waals surface area contributed by atoms with Crippen LogP contribution in [0.15, 0.2) is 10.9 Å². The van der Waals surface area contributed by atoms with Gasteiger partial charge in [0.2, 0.25) is 5.88 Å². The molecule has 0 aromatic carbocycles. The average molecular weight is 222 g/mol. The van der Waals surface area contributed by atoms with Crippen LogP contribution in [-0.2, 0) is 0 Å². The van der Waals surface area contributed by atoms with E-state index in [2.05, 4.69) is 19.8 Å². The van der Waals surface area contributed by atoms with Crippen LogP contribution >= 0.6 is 0 Å². The molecule has 2 bridgehead atoms. The molecule has 3 aliphatic heterocycles. The predicted molar refractivity (Wildman–Crippen MR) is 57.3 cm³/mol. The third kappa shape index (κ3) is 1.60. The van der Waals surface area contributed by atoms with Crippen molar-refractivity contribution >= 4 is 0 Å². The van der Waals surface area contributed by atoms with Crippen LogP contribution in [0.2, 0.25) is 0 Å². The lowest BCUT2D eigenvalue weighted by Gasteiger charge is -2.46. The van der Waals surface area contributed by atoms with Gasteiger partial charge in [0.05, 0.1) is 12.1 Å². The molecule has 1 atom stereocenters. The minimum Gasteiger partial charge on any atom is -0.493 e. The zero-order valence-electron chi connectivity index (χ0n) is 8.89. The number of fused-ring (bicyclic) bond motifs is 3. The molecule has 6 nitrogen and oxygen atoms in total. The number of nitrogens with zero attached hydrogens (tertiary/aromatic N) is 3. The number of hydrogen-bond acceptors (Lipinski definition) is 5. The Bertz CT molecular complexity index is 450. The standard InChI is InChI=1S/C10H14N4O2/c15-8-5-9(16)12-10(11-8)7-6-13-1-3-14(7)4-2-13/h5,7H,1-4,6H2,(H2,11,12,15,16). The van der Waals surface area contributed by atoms with Gasteiger partial charge >= 0.3 is 0 Å². The molecule has 2 N–H and O–H groups in total. The number of H-pyrrole nitrogens is 1. The summed E-state index contributed by atoms with van der Waals surface area (Å²) in [6, 6.07) is 1.21. The van der Waals surface area contributed by atoms with Gasteiger partial charge in [-0.15, -0.1) is 0 Å². The molecule has 3 aliphatic rings. The summed E-state index contributed by atoms with van der Waals surface area (Å²) in [5, 5.41) is 9.33. The summed E-state index contributed by atoms with van der Waals surface area (Å²) >= 11 is 0. The van der Waals surface area contributed by atoms with Gasteiger partial charge in [0.15, 0.2) is 0 Å². The predicted octanol–water partition coefficient (Wildman–Crippen LogP) is -0.852. The van der Waals surface area contributed by atoms with E-state index >= 15 is 0 Å². The Morgan fingerprint density at radius 1 is 1.38 bits per heavy atom.